The summed E-state index contributed by atoms with van der Waals surface area (Å²) < 4.78 is 0.874. The van der Waals surface area contributed by atoms with Gasteiger partial charge in [0.05, 0.1) is 11.3 Å². The Bertz CT molecular complexity index is 506. The summed E-state index contributed by atoms with van der Waals surface area (Å²) in [6.45, 7) is 4.40. The number of aromatic carboxylic acids is 1. The van der Waals surface area contributed by atoms with Crippen molar-refractivity contribution in [2.75, 3.05) is 31.1 Å². The maximum atomic E-state index is 10.9. The van der Waals surface area contributed by atoms with Crippen molar-refractivity contribution in [2.45, 2.75) is 18.9 Å². The fraction of sp³-hybridized carbons (Fsp3) is 0.500. The lowest BCUT2D eigenvalue weighted by Crippen LogP contribution is -2.50. The fourth-order valence-corrected chi connectivity index (χ4v) is 3.74. The van der Waals surface area contributed by atoms with Gasteiger partial charge in [-0.1, -0.05) is 0 Å². The van der Waals surface area contributed by atoms with Crippen LogP contribution in [0.3, 0.4) is 0 Å². The van der Waals surface area contributed by atoms with Gasteiger partial charge < -0.3 is 10.0 Å². The van der Waals surface area contributed by atoms with Gasteiger partial charge in [-0.25, -0.2) is 4.79 Å². The maximum Gasteiger partial charge on any atom is 0.335 e. The molecule has 0 aromatic heterocycles. The lowest BCUT2D eigenvalue weighted by atomic mass is 10.1. The largest absolute Gasteiger partial charge is 0.478 e. The minimum atomic E-state index is -0.882. The second-order valence-electron chi connectivity index (χ2n) is 5.25. The summed E-state index contributed by atoms with van der Waals surface area (Å²) in [5, 5.41) is 8.99. The van der Waals surface area contributed by atoms with E-state index in [4.69, 9.17) is 5.11 Å². The Hall–Kier alpha value is -1.07. The molecule has 19 heavy (non-hydrogen) atoms. The monoisotopic (exact) mass is 324 g/mol. The van der Waals surface area contributed by atoms with Gasteiger partial charge in [0.1, 0.15) is 0 Å². The number of nitrogens with zero attached hydrogens (tertiary/aromatic N) is 2. The van der Waals surface area contributed by atoms with E-state index in [1.807, 2.05) is 6.07 Å². The molecule has 0 amide bonds. The van der Waals surface area contributed by atoms with Crippen LogP contribution < -0.4 is 4.90 Å². The highest BCUT2D eigenvalue weighted by atomic mass is 79.9. The molecule has 0 aliphatic carbocycles. The van der Waals surface area contributed by atoms with Gasteiger partial charge in [-0.15, -0.1) is 0 Å². The van der Waals surface area contributed by atoms with Crippen LogP contribution in [0.2, 0.25) is 0 Å². The number of hydrogen-bond acceptors (Lipinski definition) is 3. The number of piperazine rings is 1. The molecule has 2 fully saturated rings. The molecule has 1 N–H and O–H groups in total. The van der Waals surface area contributed by atoms with E-state index in [9.17, 15) is 4.79 Å². The molecule has 102 valence electrons. The Balaban J connectivity index is 1.80. The van der Waals surface area contributed by atoms with Crippen LogP contribution in [0, 0.1) is 0 Å². The van der Waals surface area contributed by atoms with Crippen molar-refractivity contribution in [2.24, 2.45) is 0 Å². The average molecular weight is 325 g/mol. The molecule has 0 radical (unpaired) electrons. The molecule has 4 nitrogen and oxygen atoms in total. The van der Waals surface area contributed by atoms with E-state index in [0.717, 1.165) is 29.8 Å². The predicted molar refractivity (Wildman–Crippen MR) is 77.9 cm³/mol. The summed E-state index contributed by atoms with van der Waals surface area (Å²) >= 11 is 3.50. The molecule has 0 bridgehead atoms. The van der Waals surface area contributed by atoms with Crippen molar-refractivity contribution in [3.63, 3.8) is 0 Å². The molecule has 3 rings (SSSR count). The van der Waals surface area contributed by atoms with Crippen LogP contribution in [0.5, 0.6) is 0 Å². The van der Waals surface area contributed by atoms with Gasteiger partial charge in [0.25, 0.3) is 0 Å². The number of carboxylic acids is 1. The lowest BCUT2D eigenvalue weighted by Gasteiger charge is -2.39. The molecule has 1 unspecified atom stereocenters. The van der Waals surface area contributed by atoms with Crippen LogP contribution in [-0.2, 0) is 0 Å². The van der Waals surface area contributed by atoms with Crippen LogP contribution in [-0.4, -0.2) is 48.2 Å². The molecule has 0 saturated carbocycles. The number of rotatable bonds is 2. The second-order valence-corrected chi connectivity index (χ2v) is 6.10. The van der Waals surface area contributed by atoms with E-state index in [0.29, 0.717) is 11.6 Å². The lowest BCUT2D eigenvalue weighted by molar-refractivity contribution is 0.0697. The Labute approximate surface area is 121 Å². The summed E-state index contributed by atoms with van der Waals surface area (Å²) in [5.74, 6) is -0.882. The van der Waals surface area contributed by atoms with Crippen molar-refractivity contribution in [1.82, 2.24) is 4.90 Å². The highest BCUT2D eigenvalue weighted by molar-refractivity contribution is 9.10. The van der Waals surface area contributed by atoms with Crippen molar-refractivity contribution in [3.05, 3.63) is 28.2 Å². The maximum absolute atomic E-state index is 10.9. The molecule has 0 spiro atoms. The quantitative estimate of drug-likeness (QED) is 0.907. The smallest absolute Gasteiger partial charge is 0.335 e. The zero-order valence-electron chi connectivity index (χ0n) is 10.7. The normalized spacial score (nSPS) is 23.4. The van der Waals surface area contributed by atoms with Gasteiger partial charge in [-0.3, -0.25) is 4.90 Å². The molecule has 2 saturated heterocycles. The Morgan fingerprint density at radius 1 is 1.32 bits per heavy atom. The predicted octanol–water partition coefficient (Wildman–Crippen LogP) is 2.43. The van der Waals surface area contributed by atoms with Crippen molar-refractivity contribution >= 4 is 27.6 Å². The molecular formula is C14H17BrN2O2. The highest BCUT2D eigenvalue weighted by Gasteiger charge is 2.31. The summed E-state index contributed by atoms with van der Waals surface area (Å²) in [6, 6.07) is 5.96. The second kappa shape index (κ2) is 5.13. The first-order chi connectivity index (χ1) is 9.15. The Kier molecular flexibility index (Phi) is 3.50. The fourth-order valence-electron chi connectivity index (χ4n) is 3.11. The summed E-state index contributed by atoms with van der Waals surface area (Å²) in [6.07, 6.45) is 2.58. The first-order valence-electron chi connectivity index (χ1n) is 6.67. The van der Waals surface area contributed by atoms with Crippen molar-refractivity contribution in [1.29, 1.82) is 0 Å². The molecule has 2 heterocycles. The first kappa shape index (κ1) is 12.9. The van der Waals surface area contributed by atoms with Gasteiger partial charge in [-0.2, -0.15) is 0 Å². The zero-order chi connectivity index (χ0) is 13.4. The van der Waals surface area contributed by atoms with Crippen LogP contribution in [0.4, 0.5) is 5.69 Å². The van der Waals surface area contributed by atoms with Crippen LogP contribution >= 0.6 is 15.9 Å². The van der Waals surface area contributed by atoms with Crippen molar-refractivity contribution < 1.29 is 9.90 Å². The summed E-state index contributed by atoms with van der Waals surface area (Å²) in [4.78, 5) is 15.9. The van der Waals surface area contributed by atoms with Crippen LogP contribution in [0.1, 0.15) is 23.2 Å². The molecule has 2 aliphatic rings. The van der Waals surface area contributed by atoms with Crippen LogP contribution in [0.25, 0.3) is 0 Å². The molecule has 5 heteroatoms. The molecule has 2 aliphatic heterocycles. The van der Waals surface area contributed by atoms with Gasteiger partial charge in [0, 0.05) is 30.1 Å². The average Bonchev–Trinajstić information content (AvgIpc) is 2.85. The SMILES string of the molecule is O=C(O)c1ccc(N2CCN3CCCC3C2)c(Br)c1. The number of benzene rings is 1. The van der Waals surface area contributed by atoms with Gasteiger partial charge in [0.15, 0.2) is 0 Å². The van der Waals surface area contributed by atoms with Gasteiger partial charge >= 0.3 is 5.97 Å². The molecule has 1 aromatic rings. The minimum absolute atomic E-state index is 0.329. The third-order valence-electron chi connectivity index (χ3n) is 4.12. The molecule has 1 aromatic carbocycles. The first-order valence-corrected chi connectivity index (χ1v) is 7.46. The minimum Gasteiger partial charge on any atom is -0.478 e. The third kappa shape index (κ3) is 2.49. The number of hydrogen-bond donors (Lipinski definition) is 1. The van der Waals surface area contributed by atoms with E-state index < -0.39 is 5.97 Å². The summed E-state index contributed by atoms with van der Waals surface area (Å²) in [7, 11) is 0. The third-order valence-corrected chi connectivity index (χ3v) is 4.76. The molecular weight excluding hydrogens is 308 g/mol. The number of fused-ring (bicyclic) bond motifs is 1. The zero-order valence-corrected chi connectivity index (χ0v) is 12.3. The Morgan fingerprint density at radius 3 is 2.89 bits per heavy atom. The van der Waals surface area contributed by atoms with E-state index in [1.165, 1.54) is 19.4 Å². The number of halogens is 1. The number of carbonyl (C=O) groups is 1. The van der Waals surface area contributed by atoms with E-state index in [1.54, 1.807) is 12.1 Å². The number of anilines is 1. The Morgan fingerprint density at radius 2 is 2.16 bits per heavy atom. The van der Waals surface area contributed by atoms with E-state index in [2.05, 4.69) is 25.7 Å². The standard InChI is InChI=1S/C14H17BrN2O2/c15-12-8-10(14(18)19)3-4-13(12)17-7-6-16-5-1-2-11(16)9-17/h3-4,8,11H,1-2,5-7,9H2,(H,18,19). The van der Waals surface area contributed by atoms with Gasteiger partial charge in [0.2, 0.25) is 0 Å². The van der Waals surface area contributed by atoms with E-state index >= 15 is 0 Å². The van der Waals surface area contributed by atoms with E-state index in [-0.39, 0.29) is 0 Å². The topological polar surface area (TPSA) is 43.8 Å². The van der Waals surface area contributed by atoms with Crippen molar-refractivity contribution in [3.8, 4) is 0 Å². The van der Waals surface area contributed by atoms with Gasteiger partial charge in [-0.05, 0) is 53.5 Å². The summed E-state index contributed by atoms with van der Waals surface area (Å²) in [5.41, 5.74) is 1.44. The number of carboxylic acid groups (broad SMARTS) is 1. The van der Waals surface area contributed by atoms with Crippen LogP contribution in [0.15, 0.2) is 22.7 Å². The molecule has 1 atom stereocenters. The highest BCUT2D eigenvalue weighted by Crippen LogP contribution is 2.31.